The highest BCUT2D eigenvalue weighted by molar-refractivity contribution is 5.01. The SMILES string of the molecule is CNC1(CCC2CCN2C)CC1. The smallest absolute Gasteiger partial charge is 0.0180 e. The van der Waals surface area contributed by atoms with Gasteiger partial charge in [0.1, 0.15) is 0 Å². The van der Waals surface area contributed by atoms with Gasteiger partial charge in [0.05, 0.1) is 0 Å². The molecule has 2 aliphatic rings. The van der Waals surface area contributed by atoms with E-state index < -0.39 is 0 Å². The molecule has 1 aliphatic heterocycles. The van der Waals surface area contributed by atoms with E-state index >= 15 is 0 Å². The molecule has 2 nitrogen and oxygen atoms in total. The quantitative estimate of drug-likeness (QED) is 0.679. The standard InChI is InChI=1S/C10H20N2/c1-11-10(6-7-10)5-3-9-4-8-12(9)2/h9,11H,3-8H2,1-2H3. The molecule has 2 fully saturated rings. The number of hydrogen-bond acceptors (Lipinski definition) is 2. The first kappa shape index (κ1) is 8.52. The molecule has 1 atom stereocenters. The molecule has 0 aromatic rings. The zero-order valence-corrected chi connectivity index (χ0v) is 8.27. The predicted octanol–water partition coefficient (Wildman–Crippen LogP) is 1.22. The van der Waals surface area contributed by atoms with E-state index in [9.17, 15) is 0 Å². The van der Waals surface area contributed by atoms with E-state index in [-0.39, 0.29) is 0 Å². The van der Waals surface area contributed by atoms with Gasteiger partial charge in [-0.25, -0.2) is 0 Å². The monoisotopic (exact) mass is 168 g/mol. The molecule has 2 heteroatoms. The molecule has 0 aromatic carbocycles. The van der Waals surface area contributed by atoms with Crippen molar-refractivity contribution in [2.75, 3.05) is 20.6 Å². The van der Waals surface area contributed by atoms with Crippen molar-refractivity contribution in [3.05, 3.63) is 0 Å². The summed E-state index contributed by atoms with van der Waals surface area (Å²) in [5.74, 6) is 0. The second-order valence-corrected chi connectivity index (χ2v) is 4.49. The van der Waals surface area contributed by atoms with Gasteiger partial charge in [-0.05, 0) is 52.7 Å². The van der Waals surface area contributed by atoms with Crippen LogP contribution in [0, 0.1) is 0 Å². The van der Waals surface area contributed by atoms with Crippen LogP contribution in [0.15, 0.2) is 0 Å². The Bertz CT molecular complexity index is 163. The Labute approximate surface area is 75.3 Å². The minimum Gasteiger partial charge on any atom is -0.314 e. The predicted molar refractivity (Wildman–Crippen MR) is 51.3 cm³/mol. The van der Waals surface area contributed by atoms with E-state index in [1.54, 1.807) is 0 Å². The van der Waals surface area contributed by atoms with Crippen molar-refractivity contribution in [3.63, 3.8) is 0 Å². The molecule has 0 radical (unpaired) electrons. The van der Waals surface area contributed by atoms with Gasteiger partial charge in [0, 0.05) is 11.6 Å². The van der Waals surface area contributed by atoms with Crippen LogP contribution < -0.4 is 5.32 Å². The third kappa shape index (κ3) is 1.50. The minimum absolute atomic E-state index is 0.566. The van der Waals surface area contributed by atoms with Crippen LogP contribution in [0.1, 0.15) is 32.1 Å². The highest BCUT2D eigenvalue weighted by Crippen LogP contribution is 2.40. The summed E-state index contributed by atoms with van der Waals surface area (Å²) < 4.78 is 0. The average Bonchev–Trinajstić information content (AvgIpc) is 2.83. The van der Waals surface area contributed by atoms with Crippen molar-refractivity contribution in [1.82, 2.24) is 10.2 Å². The van der Waals surface area contributed by atoms with Gasteiger partial charge >= 0.3 is 0 Å². The third-order valence-electron chi connectivity index (χ3n) is 3.78. The fourth-order valence-corrected chi connectivity index (χ4v) is 2.15. The Morgan fingerprint density at radius 3 is 2.58 bits per heavy atom. The molecular weight excluding hydrogens is 148 g/mol. The molecule has 1 aliphatic carbocycles. The van der Waals surface area contributed by atoms with E-state index in [1.165, 1.54) is 38.6 Å². The fourth-order valence-electron chi connectivity index (χ4n) is 2.15. The van der Waals surface area contributed by atoms with E-state index in [0.717, 1.165) is 6.04 Å². The summed E-state index contributed by atoms with van der Waals surface area (Å²) in [6, 6.07) is 0.899. The van der Waals surface area contributed by atoms with E-state index in [4.69, 9.17) is 0 Å². The lowest BCUT2D eigenvalue weighted by Gasteiger charge is -2.38. The summed E-state index contributed by atoms with van der Waals surface area (Å²) >= 11 is 0. The summed E-state index contributed by atoms with van der Waals surface area (Å²) in [4.78, 5) is 2.48. The zero-order chi connectivity index (χ0) is 8.60. The molecule has 0 bridgehead atoms. The van der Waals surface area contributed by atoms with Gasteiger partial charge in [-0.2, -0.15) is 0 Å². The van der Waals surface area contributed by atoms with Gasteiger partial charge in [-0.1, -0.05) is 0 Å². The lowest BCUT2D eigenvalue weighted by atomic mass is 9.96. The number of rotatable bonds is 4. The number of hydrogen-bond donors (Lipinski definition) is 1. The first-order valence-corrected chi connectivity index (χ1v) is 5.15. The van der Waals surface area contributed by atoms with E-state index in [0.29, 0.717) is 5.54 Å². The van der Waals surface area contributed by atoms with Crippen molar-refractivity contribution in [2.45, 2.75) is 43.7 Å². The Morgan fingerprint density at radius 2 is 2.25 bits per heavy atom. The molecule has 0 spiro atoms. The first-order chi connectivity index (χ1) is 5.76. The first-order valence-electron chi connectivity index (χ1n) is 5.15. The normalized spacial score (nSPS) is 33.0. The van der Waals surface area contributed by atoms with Gasteiger partial charge in [0.2, 0.25) is 0 Å². The van der Waals surface area contributed by atoms with Crippen LogP contribution in [0.2, 0.25) is 0 Å². The largest absolute Gasteiger partial charge is 0.314 e. The second-order valence-electron chi connectivity index (χ2n) is 4.49. The van der Waals surface area contributed by atoms with E-state index in [2.05, 4.69) is 24.3 Å². The summed E-state index contributed by atoms with van der Waals surface area (Å²) in [7, 11) is 4.35. The van der Waals surface area contributed by atoms with Crippen LogP contribution in [0.25, 0.3) is 0 Å². The van der Waals surface area contributed by atoms with Crippen molar-refractivity contribution in [1.29, 1.82) is 0 Å². The van der Waals surface area contributed by atoms with E-state index in [1.807, 2.05) is 0 Å². The van der Waals surface area contributed by atoms with Gasteiger partial charge in [0.25, 0.3) is 0 Å². The molecule has 0 aromatic heterocycles. The minimum atomic E-state index is 0.566. The molecule has 70 valence electrons. The second kappa shape index (κ2) is 3.00. The number of likely N-dealkylation sites (tertiary alicyclic amines) is 1. The lowest BCUT2D eigenvalue weighted by Crippen LogP contribution is -2.45. The zero-order valence-electron chi connectivity index (χ0n) is 8.27. The molecule has 12 heavy (non-hydrogen) atoms. The van der Waals surface area contributed by atoms with Gasteiger partial charge in [-0.3, -0.25) is 0 Å². The number of nitrogens with one attached hydrogen (secondary N) is 1. The maximum absolute atomic E-state index is 3.45. The van der Waals surface area contributed by atoms with Gasteiger partial charge in [0.15, 0.2) is 0 Å². The number of nitrogens with zero attached hydrogens (tertiary/aromatic N) is 1. The van der Waals surface area contributed by atoms with Crippen LogP contribution >= 0.6 is 0 Å². The molecule has 0 amide bonds. The summed E-state index contributed by atoms with van der Waals surface area (Å²) in [5.41, 5.74) is 0.566. The third-order valence-corrected chi connectivity index (χ3v) is 3.78. The van der Waals surface area contributed by atoms with Crippen LogP contribution in [0.3, 0.4) is 0 Å². The van der Waals surface area contributed by atoms with Gasteiger partial charge in [-0.15, -0.1) is 0 Å². The molecular formula is C10H20N2. The molecule has 2 rings (SSSR count). The molecule has 1 unspecified atom stereocenters. The Morgan fingerprint density at radius 1 is 1.50 bits per heavy atom. The molecule has 1 saturated heterocycles. The van der Waals surface area contributed by atoms with Crippen molar-refractivity contribution < 1.29 is 0 Å². The maximum Gasteiger partial charge on any atom is 0.0180 e. The van der Waals surface area contributed by atoms with Gasteiger partial charge < -0.3 is 10.2 Å². The van der Waals surface area contributed by atoms with Crippen LogP contribution in [-0.2, 0) is 0 Å². The topological polar surface area (TPSA) is 15.3 Å². The van der Waals surface area contributed by atoms with Crippen molar-refractivity contribution in [2.24, 2.45) is 0 Å². The van der Waals surface area contributed by atoms with Crippen LogP contribution in [0.4, 0.5) is 0 Å². The highest BCUT2D eigenvalue weighted by Gasteiger charge is 2.41. The summed E-state index contributed by atoms with van der Waals surface area (Å²) in [6.45, 7) is 1.32. The Hall–Kier alpha value is -0.0800. The molecule has 1 N–H and O–H groups in total. The Balaban J connectivity index is 1.68. The maximum atomic E-state index is 3.45. The van der Waals surface area contributed by atoms with Crippen molar-refractivity contribution >= 4 is 0 Å². The lowest BCUT2D eigenvalue weighted by molar-refractivity contribution is 0.112. The summed E-state index contributed by atoms with van der Waals surface area (Å²) in [5, 5.41) is 3.45. The molecule has 1 heterocycles. The Kier molecular flexibility index (Phi) is 2.13. The van der Waals surface area contributed by atoms with Crippen molar-refractivity contribution in [3.8, 4) is 0 Å². The van der Waals surface area contributed by atoms with Crippen LogP contribution in [0.5, 0.6) is 0 Å². The van der Waals surface area contributed by atoms with Crippen LogP contribution in [-0.4, -0.2) is 37.1 Å². The average molecular weight is 168 g/mol. The molecule has 1 saturated carbocycles. The highest BCUT2D eigenvalue weighted by atomic mass is 15.2. The summed E-state index contributed by atoms with van der Waals surface area (Å²) in [6.07, 6.45) is 7.02. The fraction of sp³-hybridized carbons (Fsp3) is 1.00.